The Kier molecular flexibility index (Phi) is 4.76. The first kappa shape index (κ1) is 17.0. The van der Waals surface area contributed by atoms with Gasteiger partial charge in [-0.1, -0.05) is 20.8 Å². The van der Waals surface area contributed by atoms with Gasteiger partial charge in [0, 0.05) is 11.9 Å². The van der Waals surface area contributed by atoms with Crippen molar-refractivity contribution in [3.8, 4) is 11.8 Å². The van der Waals surface area contributed by atoms with Gasteiger partial charge in [0.05, 0.1) is 11.6 Å². The highest BCUT2D eigenvalue weighted by atomic mass is 28.4. The SMILES string of the molecule is CC(C)(C)[Si](C)(C)Oc1ccc(Nc2cc(C#N)ccn2)cc1. The normalized spacial score (nSPS) is 11.7. The topological polar surface area (TPSA) is 57.9 Å². The minimum absolute atomic E-state index is 0.172. The van der Waals surface area contributed by atoms with Gasteiger partial charge in [-0.05, 0) is 54.5 Å². The van der Waals surface area contributed by atoms with Crippen molar-refractivity contribution in [1.29, 1.82) is 5.26 Å². The van der Waals surface area contributed by atoms with Crippen molar-refractivity contribution < 1.29 is 4.43 Å². The lowest BCUT2D eigenvalue weighted by Crippen LogP contribution is -2.43. The van der Waals surface area contributed by atoms with Crippen molar-refractivity contribution in [2.24, 2.45) is 0 Å². The van der Waals surface area contributed by atoms with E-state index in [0.717, 1.165) is 11.4 Å². The minimum Gasteiger partial charge on any atom is -0.544 e. The summed E-state index contributed by atoms with van der Waals surface area (Å²) in [4.78, 5) is 4.21. The van der Waals surface area contributed by atoms with E-state index in [1.165, 1.54) is 0 Å². The maximum atomic E-state index is 8.92. The molecule has 0 radical (unpaired) electrons. The van der Waals surface area contributed by atoms with Crippen LogP contribution in [-0.2, 0) is 0 Å². The van der Waals surface area contributed by atoms with Crippen LogP contribution in [0.15, 0.2) is 42.6 Å². The van der Waals surface area contributed by atoms with E-state index in [2.05, 4.69) is 50.2 Å². The average Bonchev–Trinajstić information content (AvgIpc) is 2.48. The fraction of sp³-hybridized carbons (Fsp3) is 0.333. The van der Waals surface area contributed by atoms with Crippen LogP contribution in [0.25, 0.3) is 0 Å². The standard InChI is InChI=1S/C18H23N3OSi/c1-18(2,3)23(4,5)22-16-8-6-15(7-9-16)21-17-12-14(13-19)10-11-20-17/h6-12H,1-5H3,(H,20,21). The molecule has 1 aromatic carbocycles. The Morgan fingerprint density at radius 2 is 1.78 bits per heavy atom. The second-order valence-electron chi connectivity index (χ2n) is 7.05. The van der Waals surface area contributed by atoms with Crippen LogP contribution in [-0.4, -0.2) is 13.3 Å². The molecule has 2 rings (SSSR count). The van der Waals surface area contributed by atoms with Crippen LogP contribution in [0.4, 0.5) is 11.5 Å². The van der Waals surface area contributed by atoms with Crippen molar-refractivity contribution in [3.63, 3.8) is 0 Å². The summed E-state index contributed by atoms with van der Waals surface area (Å²) in [7, 11) is -1.82. The van der Waals surface area contributed by atoms with Crippen LogP contribution in [0.1, 0.15) is 26.3 Å². The van der Waals surface area contributed by atoms with Crippen molar-refractivity contribution in [3.05, 3.63) is 48.2 Å². The maximum absolute atomic E-state index is 8.92. The summed E-state index contributed by atoms with van der Waals surface area (Å²) in [6, 6.07) is 13.4. The van der Waals surface area contributed by atoms with Crippen molar-refractivity contribution >= 4 is 19.8 Å². The molecule has 1 heterocycles. The second kappa shape index (κ2) is 6.43. The van der Waals surface area contributed by atoms with Gasteiger partial charge in [0.2, 0.25) is 8.32 Å². The molecule has 0 fully saturated rings. The summed E-state index contributed by atoms with van der Waals surface area (Å²) in [5.74, 6) is 1.54. The molecular weight excluding hydrogens is 302 g/mol. The summed E-state index contributed by atoms with van der Waals surface area (Å²) in [5.41, 5.74) is 1.50. The van der Waals surface area contributed by atoms with Gasteiger partial charge in [-0.3, -0.25) is 0 Å². The number of hydrogen-bond acceptors (Lipinski definition) is 4. The fourth-order valence-electron chi connectivity index (χ4n) is 1.77. The van der Waals surface area contributed by atoms with Gasteiger partial charge in [-0.15, -0.1) is 0 Å². The number of nitrogens with zero attached hydrogens (tertiary/aromatic N) is 2. The van der Waals surface area contributed by atoms with E-state index < -0.39 is 8.32 Å². The Bertz CT molecular complexity index is 712. The quantitative estimate of drug-likeness (QED) is 0.796. The molecule has 0 spiro atoms. The highest BCUT2D eigenvalue weighted by Gasteiger charge is 2.38. The molecule has 0 aliphatic heterocycles. The van der Waals surface area contributed by atoms with E-state index in [9.17, 15) is 0 Å². The Hall–Kier alpha value is -2.32. The average molecular weight is 325 g/mol. The summed E-state index contributed by atoms with van der Waals surface area (Å²) < 4.78 is 6.26. The van der Waals surface area contributed by atoms with Gasteiger partial charge in [-0.25, -0.2) is 4.98 Å². The van der Waals surface area contributed by atoms with Gasteiger partial charge in [0.15, 0.2) is 0 Å². The van der Waals surface area contributed by atoms with Gasteiger partial charge < -0.3 is 9.74 Å². The van der Waals surface area contributed by atoms with Crippen LogP contribution in [0.3, 0.4) is 0 Å². The molecule has 2 aromatic rings. The molecule has 0 saturated carbocycles. The van der Waals surface area contributed by atoms with Crippen LogP contribution in [0.2, 0.25) is 18.1 Å². The molecule has 5 heteroatoms. The Morgan fingerprint density at radius 3 is 2.35 bits per heavy atom. The second-order valence-corrected chi connectivity index (χ2v) is 11.8. The van der Waals surface area contributed by atoms with E-state index in [1.807, 2.05) is 24.3 Å². The monoisotopic (exact) mass is 325 g/mol. The van der Waals surface area contributed by atoms with Crippen molar-refractivity contribution in [2.75, 3.05) is 5.32 Å². The number of rotatable bonds is 4. The first-order valence-corrected chi connectivity index (χ1v) is 10.5. The predicted molar refractivity (Wildman–Crippen MR) is 96.5 cm³/mol. The van der Waals surface area contributed by atoms with E-state index in [1.54, 1.807) is 18.3 Å². The lowest BCUT2D eigenvalue weighted by molar-refractivity contribution is 0.492. The number of benzene rings is 1. The van der Waals surface area contributed by atoms with Crippen LogP contribution in [0.5, 0.6) is 5.75 Å². The maximum Gasteiger partial charge on any atom is 0.250 e. The third-order valence-electron chi connectivity index (χ3n) is 4.19. The smallest absolute Gasteiger partial charge is 0.250 e. The number of pyridine rings is 1. The van der Waals surface area contributed by atoms with Crippen molar-refractivity contribution in [2.45, 2.75) is 38.9 Å². The molecular formula is C18H23N3OSi. The van der Waals surface area contributed by atoms with E-state index in [-0.39, 0.29) is 5.04 Å². The first-order valence-electron chi connectivity index (χ1n) is 7.63. The molecule has 0 bridgehead atoms. The van der Waals surface area contributed by atoms with Gasteiger partial charge in [0.1, 0.15) is 11.6 Å². The third-order valence-corrected chi connectivity index (χ3v) is 8.55. The highest BCUT2D eigenvalue weighted by molar-refractivity contribution is 6.74. The number of aromatic nitrogens is 1. The third kappa shape index (κ3) is 4.33. The molecule has 0 saturated heterocycles. The zero-order chi connectivity index (χ0) is 17.1. The van der Waals surface area contributed by atoms with Crippen LogP contribution < -0.4 is 9.74 Å². The Morgan fingerprint density at radius 1 is 1.13 bits per heavy atom. The van der Waals surface area contributed by atoms with E-state index in [4.69, 9.17) is 9.69 Å². The fourth-order valence-corrected chi connectivity index (χ4v) is 2.80. The lowest BCUT2D eigenvalue weighted by atomic mass is 10.2. The van der Waals surface area contributed by atoms with Gasteiger partial charge >= 0.3 is 0 Å². The predicted octanol–water partition coefficient (Wildman–Crippen LogP) is 5.08. The molecule has 1 aromatic heterocycles. The number of hydrogen-bond donors (Lipinski definition) is 1. The molecule has 4 nitrogen and oxygen atoms in total. The first-order chi connectivity index (χ1) is 10.7. The van der Waals surface area contributed by atoms with Crippen molar-refractivity contribution in [1.82, 2.24) is 4.98 Å². The number of anilines is 2. The summed E-state index contributed by atoms with van der Waals surface area (Å²) in [6.45, 7) is 11.1. The molecule has 23 heavy (non-hydrogen) atoms. The number of nitrogens with one attached hydrogen (secondary N) is 1. The van der Waals surface area contributed by atoms with Gasteiger partial charge in [0.25, 0.3) is 0 Å². The summed E-state index contributed by atoms with van der Waals surface area (Å²) in [5, 5.41) is 12.3. The minimum atomic E-state index is -1.82. The Balaban J connectivity index is 2.09. The highest BCUT2D eigenvalue weighted by Crippen LogP contribution is 2.37. The molecule has 0 atom stereocenters. The van der Waals surface area contributed by atoms with E-state index >= 15 is 0 Å². The molecule has 120 valence electrons. The summed E-state index contributed by atoms with van der Waals surface area (Å²) in [6.07, 6.45) is 1.62. The Labute approximate surface area is 139 Å². The molecule has 0 unspecified atom stereocenters. The molecule has 0 aliphatic rings. The lowest BCUT2D eigenvalue weighted by Gasteiger charge is -2.36. The number of nitriles is 1. The largest absolute Gasteiger partial charge is 0.544 e. The summed E-state index contributed by atoms with van der Waals surface area (Å²) >= 11 is 0. The molecule has 0 amide bonds. The van der Waals surface area contributed by atoms with Gasteiger partial charge in [-0.2, -0.15) is 5.26 Å². The molecule has 1 N–H and O–H groups in total. The zero-order valence-electron chi connectivity index (χ0n) is 14.3. The van der Waals surface area contributed by atoms with E-state index in [0.29, 0.717) is 11.4 Å². The zero-order valence-corrected chi connectivity index (χ0v) is 15.3. The molecule has 0 aliphatic carbocycles. The van der Waals surface area contributed by atoms with Crippen LogP contribution >= 0.6 is 0 Å². The van der Waals surface area contributed by atoms with Crippen LogP contribution in [0, 0.1) is 11.3 Å².